The topological polar surface area (TPSA) is 120 Å². The number of halogens is 3. The molecule has 1 saturated heterocycles. The van der Waals surface area contributed by atoms with Gasteiger partial charge in [-0.3, -0.25) is 9.48 Å². The minimum Gasteiger partial charge on any atom is -0.482 e. The summed E-state index contributed by atoms with van der Waals surface area (Å²) in [5.74, 6) is -1.09. The summed E-state index contributed by atoms with van der Waals surface area (Å²) < 4.78 is 21.5. The van der Waals surface area contributed by atoms with Gasteiger partial charge in [0, 0.05) is 22.8 Å². The van der Waals surface area contributed by atoms with Crippen molar-refractivity contribution in [2.75, 3.05) is 24.1 Å². The molecule has 9 nitrogen and oxygen atoms in total. The number of hydrogen-bond acceptors (Lipinski definition) is 7. The van der Waals surface area contributed by atoms with Gasteiger partial charge < -0.3 is 21.1 Å². The van der Waals surface area contributed by atoms with Crippen molar-refractivity contribution in [2.24, 2.45) is 0 Å². The average molecular weight is 494 g/mol. The third kappa shape index (κ3) is 5.18. The molecule has 33 heavy (non-hydrogen) atoms. The second kappa shape index (κ2) is 9.90. The van der Waals surface area contributed by atoms with Crippen LogP contribution in [-0.4, -0.2) is 39.0 Å². The van der Waals surface area contributed by atoms with Gasteiger partial charge in [-0.1, -0.05) is 23.2 Å². The van der Waals surface area contributed by atoms with E-state index >= 15 is 0 Å². The summed E-state index contributed by atoms with van der Waals surface area (Å²) in [6.45, 7) is 3.49. The van der Waals surface area contributed by atoms with E-state index in [1.54, 1.807) is 19.3 Å². The van der Waals surface area contributed by atoms with Crippen molar-refractivity contribution in [3.8, 4) is 5.75 Å². The number of nitrogens with zero attached hydrogens (tertiary/aromatic N) is 4. The minimum atomic E-state index is -0.772. The summed E-state index contributed by atoms with van der Waals surface area (Å²) >= 11 is 12.2. The molecule has 1 aliphatic rings. The Labute approximate surface area is 199 Å². The molecule has 1 aromatic carbocycles. The van der Waals surface area contributed by atoms with E-state index in [0.29, 0.717) is 5.69 Å². The van der Waals surface area contributed by atoms with Crippen LogP contribution in [0.4, 0.5) is 15.9 Å². The molecular formula is C21H22Cl2FN7O2. The first-order valence-corrected chi connectivity index (χ1v) is 11.1. The third-order valence-electron chi connectivity index (χ3n) is 5.35. The molecule has 1 fully saturated rings. The van der Waals surface area contributed by atoms with E-state index in [2.05, 4.69) is 25.9 Å². The van der Waals surface area contributed by atoms with Crippen LogP contribution in [0.3, 0.4) is 0 Å². The van der Waals surface area contributed by atoms with Crippen molar-refractivity contribution in [3.05, 3.63) is 57.7 Å². The van der Waals surface area contributed by atoms with Gasteiger partial charge in [-0.05, 0) is 45.0 Å². The Hall–Kier alpha value is -2.95. The number of benzene rings is 1. The largest absolute Gasteiger partial charge is 0.482 e. The van der Waals surface area contributed by atoms with Crippen LogP contribution in [-0.2, 0) is 0 Å². The number of nitrogen functional groups attached to an aromatic ring is 1. The number of anilines is 2. The molecule has 3 aromatic rings. The van der Waals surface area contributed by atoms with E-state index < -0.39 is 17.8 Å². The van der Waals surface area contributed by atoms with Gasteiger partial charge in [-0.15, -0.1) is 10.2 Å². The van der Waals surface area contributed by atoms with Crippen LogP contribution in [0, 0.1) is 5.82 Å². The molecule has 12 heteroatoms. The Kier molecular flexibility index (Phi) is 6.96. The predicted molar refractivity (Wildman–Crippen MR) is 123 cm³/mol. The van der Waals surface area contributed by atoms with E-state index in [9.17, 15) is 9.18 Å². The highest BCUT2D eigenvalue weighted by Gasteiger charge is 2.22. The Morgan fingerprint density at radius 3 is 2.85 bits per heavy atom. The van der Waals surface area contributed by atoms with Gasteiger partial charge in [0.2, 0.25) is 0 Å². The summed E-state index contributed by atoms with van der Waals surface area (Å²) in [6, 6.07) is 4.19. The van der Waals surface area contributed by atoms with Crippen LogP contribution in [0.1, 0.15) is 48.0 Å². The van der Waals surface area contributed by atoms with Crippen LogP contribution >= 0.6 is 23.2 Å². The number of aromatic nitrogens is 4. The van der Waals surface area contributed by atoms with Gasteiger partial charge in [0.05, 0.1) is 22.9 Å². The molecule has 1 atom stereocenters. The van der Waals surface area contributed by atoms with Crippen LogP contribution in [0.2, 0.25) is 10.0 Å². The lowest BCUT2D eigenvalue weighted by atomic mass is 10.1. The standard InChI is InChI=1S/C21H22Cl2FN7O2/c1-11(18-14(22)2-3-15(24)19(18)23)33-17-8-16(29-30-20(17)25)21(32)28-12-9-27-31(10-12)13-4-6-26-7-5-13/h2-3,8-11,13,26H,4-7H2,1H3,(H2,25,30)(H,28,32). The van der Waals surface area contributed by atoms with Gasteiger partial charge >= 0.3 is 0 Å². The Bertz CT molecular complexity index is 1170. The maximum atomic E-state index is 13.9. The maximum absolute atomic E-state index is 13.9. The SMILES string of the molecule is CC(Oc1cc(C(=O)Nc2cnn(C3CCNCC3)c2)nnc1N)c1c(Cl)ccc(F)c1Cl. The molecule has 0 bridgehead atoms. The fourth-order valence-corrected chi connectivity index (χ4v) is 4.30. The summed E-state index contributed by atoms with van der Waals surface area (Å²) in [4.78, 5) is 12.7. The minimum absolute atomic E-state index is 0.0162. The van der Waals surface area contributed by atoms with E-state index in [1.165, 1.54) is 18.2 Å². The summed E-state index contributed by atoms with van der Waals surface area (Å²) in [7, 11) is 0. The quantitative estimate of drug-likeness (QED) is 0.443. The van der Waals surface area contributed by atoms with Gasteiger partial charge in [0.25, 0.3) is 5.91 Å². The number of ether oxygens (including phenoxy) is 1. The lowest BCUT2D eigenvalue weighted by molar-refractivity contribution is 0.102. The Morgan fingerprint density at radius 1 is 1.33 bits per heavy atom. The molecule has 0 spiro atoms. The number of hydrogen-bond donors (Lipinski definition) is 3. The lowest BCUT2D eigenvalue weighted by Crippen LogP contribution is -2.29. The first kappa shape index (κ1) is 23.2. The zero-order valence-corrected chi connectivity index (χ0v) is 19.2. The lowest BCUT2D eigenvalue weighted by Gasteiger charge is -2.22. The first-order chi connectivity index (χ1) is 15.8. The molecule has 1 aliphatic heterocycles. The second-order valence-corrected chi connectivity index (χ2v) is 8.43. The highest BCUT2D eigenvalue weighted by Crippen LogP contribution is 2.35. The van der Waals surface area contributed by atoms with E-state index in [1.807, 2.05) is 4.68 Å². The molecule has 4 rings (SSSR count). The molecule has 4 N–H and O–H groups in total. The number of nitrogens with two attached hydrogens (primary N) is 1. The zero-order valence-electron chi connectivity index (χ0n) is 17.7. The molecular weight excluding hydrogens is 472 g/mol. The zero-order chi connectivity index (χ0) is 23.5. The third-order valence-corrected chi connectivity index (χ3v) is 6.06. The number of nitrogens with one attached hydrogen (secondary N) is 2. The highest BCUT2D eigenvalue weighted by molar-refractivity contribution is 6.36. The summed E-state index contributed by atoms with van der Waals surface area (Å²) in [5, 5.41) is 18.1. The first-order valence-electron chi connectivity index (χ1n) is 10.3. The fraction of sp³-hybridized carbons (Fsp3) is 0.333. The van der Waals surface area contributed by atoms with Crippen molar-refractivity contribution >= 4 is 40.6 Å². The van der Waals surface area contributed by atoms with Crippen LogP contribution < -0.4 is 21.1 Å². The van der Waals surface area contributed by atoms with Crippen molar-refractivity contribution < 1.29 is 13.9 Å². The smallest absolute Gasteiger partial charge is 0.276 e. The molecule has 1 amide bonds. The predicted octanol–water partition coefficient (Wildman–Crippen LogP) is 4.02. The number of rotatable bonds is 6. The number of carbonyl (C=O) groups is 1. The van der Waals surface area contributed by atoms with E-state index in [0.717, 1.165) is 25.9 Å². The van der Waals surface area contributed by atoms with Gasteiger partial charge in [-0.2, -0.15) is 5.10 Å². The van der Waals surface area contributed by atoms with Gasteiger partial charge in [0.15, 0.2) is 17.3 Å². The Morgan fingerprint density at radius 2 is 2.09 bits per heavy atom. The molecule has 3 heterocycles. The fourth-order valence-electron chi connectivity index (χ4n) is 3.62. The Balaban J connectivity index is 1.48. The maximum Gasteiger partial charge on any atom is 0.276 e. The number of piperidine rings is 1. The van der Waals surface area contributed by atoms with Crippen molar-refractivity contribution in [1.29, 1.82) is 0 Å². The monoisotopic (exact) mass is 493 g/mol. The van der Waals surface area contributed by atoms with Crippen LogP contribution in [0.25, 0.3) is 0 Å². The molecule has 2 aromatic heterocycles. The average Bonchev–Trinajstić information content (AvgIpc) is 3.27. The molecule has 0 aliphatic carbocycles. The summed E-state index contributed by atoms with van der Waals surface area (Å²) in [5.41, 5.74) is 6.64. The van der Waals surface area contributed by atoms with Crippen molar-refractivity contribution in [2.45, 2.75) is 31.9 Å². The molecule has 174 valence electrons. The number of carbonyl (C=O) groups excluding carboxylic acids is 1. The normalized spacial score (nSPS) is 15.3. The molecule has 0 radical (unpaired) electrons. The van der Waals surface area contributed by atoms with E-state index in [-0.39, 0.29) is 38.9 Å². The van der Waals surface area contributed by atoms with Crippen LogP contribution in [0.15, 0.2) is 30.6 Å². The second-order valence-electron chi connectivity index (χ2n) is 7.64. The van der Waals surface area contributed by atoms with Crippen molar-refractivity contribution in [1.82, 2.24) is 25.3 Å². The highest BCUT2D eigenvalue weighted by atomic mass is 35.5. The van der Waals surface area contributed by atoms with Crippen LogP contribution in [0.5, 0.6) is 5.75 Å². The number of amides is 1. The van der Waals surface area contributed by atoms with Gasteiger partial charge in [0.1, 0.15) is 11.9 Å². The van der Waals surface area contributed by atoms with Gasteiger partial charge in [-0.25, -0.2) is 4.39 Å². The molecule has 0 saturated carbocycles. The van der Waals surface area contributed by atoms with E-state index in [4.69, 9.17) is 33.7 Å². The van der Waals surface area contributed by atoms with Crippen molar-refractivity contribution in [3.63, 3.8) is 0 Å². The molecule has 1 unspecified atom stereocenters. The summed E-state index contributed by atoms with van der Waals surface area (Å²) in [6.07, 6.45) is 4.53.